The molecular formula is C4H5O2Rb. The van der Waals surface area contributed by atoms with Crippen molar-refractivity contribution >= 4 is 5.97 Å². The molecule has 0 fully saturated rings. The monoisotopic (exact) mass is 170 g/mol. The van der Waals surface area contributed by atoms with Crippen LogP contribution in [-0.4, -0.2) is 5.97 Å². The van der Waals surface area contributed by atoms with E-state index in [0.29, 0.717) is 0 Å². The molecule has 0 spiro atoms. The summed E-state index contributed by atoms with van der Waals surface area (Å²) in [6.45, 7) is 4.48. The van der Waals surface area contributed by atoms with Crippen molar-refractivity contribution in [3.63, 3.8) is 0 Å². The maximum atomic E-state index is 9.49. The molecule has 0 N–H and O–H groups in total. The van der Waals surface area contributed by atoms with Gasteiger partial charge in [0.1, 0.15) is 0 Å². The molecule has 0 radical (unpaired) electrons. The van der Waals surface area contributed by atoms with Crippen molar-refractivity contribution in [3.05, 3.63) is 12.2 Å². The van der Waals surface area contributed by atoms with E-state index in [2.05, 4.69) is 6.58 Å². The standard InChI is InChI=1S/C4H6O2.Rb/c1-3(2)4(5)6;/h1H2,2H3,(H,5,6);/q;+1/p-1. The number of carbonyl (C=O) groups excluding carboxylic acids is 1. The van der Waals surface area contributed by atoms with Gasteiger partial charge in [0.15, 0.2) is 0 Å². The first-order valence-corrected chi connectivity index (χ1v) is 1.51. The van der Waals surface area contributed by atoms with Gasteiger partial charge in [0.25, 0.3) is 0 Å². The van der Waals surface area contributed by atoms with Crippen LogP contribution in [0, 0.1) is 0 Å². The summed E-state index contributed by atoms with van der Waals surface area (Å²) in [5, 5.41) is 9.49. The smallest absolute Gasteiger partial charge is 0.545 e. The normalized spacial score (nSPS) is 6.43. The third-order valence-electron chi connectivity index (χ3n) is 0.348. The maximum Gasteiger partial charge on any atom is 1.00 e. The molecule has 3 heteroatoms. The quantitative estimate of drug-likeness (QED) is 0.381. The Labute approximate surface area is 91.4 Å². The summed E-state index contributed by atoms with van der Waals surface area (Å²) in [7, 11) is 0. The number of carboxylic acids is 1. The molecule has 0 aliphatic carbocycles. The van der Waals surface area contributed by atoms with Crippen LogP contribution in [-0.2, 0) is 4.79 Å². The number of carboxylic acid groups (broad SMARTS) is 1. The molecule has 0 unspecified atom stereocenters. The van der Waals surface area contributed by atoms with Gasteiger partial charge in [-0.15, -0.1) is 0 Å². The number of hydrogen-bond donors (Lipinski definition) is 0. The number of aliphatic carboxylic acids is 1. The zero-order valence-corrected chi connectivity index (χ0v) is 9.44. The van der Waals surface area contributed by atoms with Crippen molar-refractivity contribution in [3.8, 4) is 0 Å². The molecule has 0 aromatic carbocycles. The van der Waals surface area contributed by atoms with E-state index in [1.54, 1.807) is 0 Å². The van der Waals surface area contributed by atoms with E-state index in [0.717, 1.165) is 0 Å². The second kappa shape index (κ2) is 5.16. The predicted molar refractivity (Wildman–Crippen MR) is 19.8 cm³/mol. The topological polar surface area (TPSA) is 40.1 Å². The fourth-order valence-electron chi connectivity index (χ4n) is 0. The average molecular weight is 171 g/mol. The Bertz CT molecular complexity index is 75.7. The van der Waals surface area contributed by atoms with Crippen LogP contribution < -0.4 is 63.3 Å². The van der Waals surface area contributed by atoms with Gasteiger partial charge in [0.05, 0.1) is 5.97 Å². The molecule has 0 aliphatic rings. The number of hydrogen-bond acceptors (Lipinski definition) is 2. The van der Waals surface area contributed by atoms with Gasteiger partial charge in [0.2, 0.25) is 0 Å². The van der Waals surface area contributed by atoms with Crippen LogP contribution in [0.15, 0.2) is 12.2 Å². The van der Waals surface area contributed by atoms with Crippen LogP contribution in [0.4, 0.5) is 0 Å². The van der Waals surface area contributed by atoms with Gasteiger partial charge in [-0.05, 0) is 12.5 Å². The van der Waals surface area contributed by atoms with E-state index < -0.39 is 5.97 Å². The summed E-state index contributed by atoms with van der Waals surface area (Å²) < 4.78 is 0. The van der Waals surface area contributed by atoms with Crippen LogP contribution in [0.3, 0.4) is 0 Å². The molecule has 0 atom stereocenters. The largest absolute Gasteiger partial charge is 1.00 e. The van der Waals surface area contributed by atoms with Gasteiger partial charge in [0, 0.05) is 0 Å². The summed E-state index contributed by atoms with van der Waals surface area (Å²) in [5.74, 6) is -1.19. The first-order valence-electron chi connectivity index (χ1n) is 1.51. The van der Waals surface area contributed by atoms with Crippen LogP contribution in [0.1, 0.15) is 6.92 Å². The minimum atomic E-state index is -1.19. The predicted octanol–water partition coefficient (Wildman–Crippen LogP) is -3.68. The van der Waals surface area contributed by atoms with E-state index in [-0.39, 0.29) is 63.8 Å². The molecule has 7 heavy (non-hydrogen) atoms. The van der Waals surface area contributed by atoms with Crippen molar-refractivity contribution in [2.24, 2.45) is 0 Å². The molecule has 0 aromatic heterocycles. The summed E-state index contributed by atoms with van der Waals surface area (Å²) in [5.41, 5.74) is 0.0648. The second-order valence-corrected chi connectivity index (χ2v) is 1.07. The molecule has 0 heterocycles. The molecule has 0 saturated carbocycles. The molecule has 0 aliphatic heterocycles. The Kier molecular flexibility index (Phi) is 8.03. The Morgan fingerprint density at radius 3 is 1.86 bits per heavy atom. The Morgan fingerprint density at radius 1 is 1.71 bits per heavy atom. The second-order valence-electron chi connectivity index (χ2n) is 1.07. The number of rotatable bonds is 1. The van der Waals surface area contributed by atoms with Crippen LogP contribution >= 0.6 is 0 Å². The molecule has 34 valence electrons. The van der Waals surface area contributed by atoms with Crippen LogP contribution in [0.5, 0.6) is 0 Å². The first-order chi connectivity index (χ1) is 2.64. The van der Waals surface area contributed by atoms with Gasteiger partial charge >= 0.3 is 58.2 Å². The van der Waals surface area contributed by atoms with Gasteiger partial charge in [-0.2, -0.15) is 0 Å². The van der Waals surface area contributed by atoms with Gasteiger partial charge in [-0.1, -0.05) is 6.58 Å². The summed E-state index contributed by atoms with van der Waals surface area (Å²) >= 11 is 0. The molecule has 2 nitrogen and oxygen atoms in total. The maximum absolute atomic E-state index is 9.49. The van der Waals surface area contributed by atoms with E-state index in [1.165, 1.54) is 6.92 Å². The molecule has 0 bridgehead atoms. The zero-order valence-electron chi connectivity index (χ0n) is 4.52. The molecular weight excluding hydrogens is 166 g/mol. The first kappa shape index (κ1) is 10.9. The fourth-order valence-corrected chi connectivity index (χ4v) is 0. The van der Waals surface area contributed by atoms with Crippen molar-refractivity contribution in [2.45, 2.75) is 6.92 Å². The SMILES string of the molecule is C=C(C)C(=O)[O-].[Rb+]. The molecule has 0 saturated heterocycles. The Morgan fingerprint density at radius 2 is 1.86 bits per heavy atom. The zero-order chi connectivity index (χ0) is 5.15. The third-order valence-corrected chi connectivity index (χ3v) is 0.348. The van der Waals surface area contributed by atoms with E-state index in [4.69, 9.17) is 0 Å². The van der Waals surface area contributed by atoms with E-state index >= 15 is 0 Å². The molecule has 0 rings (SSSR count). The minimum absolute atomic E-state index is 0. The Balaban J connectivity index is 0. The third kappa shape index (κ3) is 7.02. The van der Waals surface area contributed by atoms with Gasteiger partial charge < -0.3 is 9.90 Å². The summed E-state index contributed by atoms with van der Waals surface area (Å²) in [4.78, 5) is 9.49. The van der Waals surface area contributed by atoms with E-state index in [9.17, 15) is 9.90 Å². The van der Waals surface area contributed by atoms with Crippen molar-refractivity contribution in [2.75, 3.05) is 0 Å². The summed E-state index contributed by atoms with van der Waals surface area (Å²) in [6, 6.07) is 0. The average Bonchev–Trinajstić information content (AvgIpc) is 1.36. The van der Waals surface area contributed by atoms with Crippen molar-refractivity contribution < 1.29 is 68.1 Å². The van der Waals surface area contributed by atoms with Crippen LogP contribution in [0.2, 0.25) is 0 Å². The van der Waals surface area contributed by atoms with Gasteiger partial charge in [-0.25, -0.2) is 0 Å². The van der Waals surface area contributed by atoms with Crippen LogP contribution in [0.25, 0.3) is 0 Å². The van der Waals surface area contributed by atoms with E-state index in [1.807, 2.05) is 0 Å². The fraction of sp³-hybridized carbons (Fsp3) is 0.250. The van der Waals surface area contributed by atoms with Crippen molar-refractivity contribution in [1.29, 1.82) is 0 Å². The minimum Gasteiger partial charge on any atom is -0.545 e. The van der Waals surface area contributed by atoms with Crippen molar-refractivity contribution in [1.82, 2.24) is 0 Å². The van der Waals surface area contributed by atoms with Gasteiger partial charge in [-0.3, -0.25) is 0 Å². The molecule has 0 aromatic rings. The summed E-state index contributed by atoms with van der Waals surface area (Å²) in [6.07, 6.45) is 0. The number of carbonyl (C=O) groups is 1. The Hall–Kier alpha value is 1.02. The molecule has 0 amide bonds.